The van der Waals surface area contributed by atoms with Crippen molar-refractivity contribution < 1.29 is 0 Å². The van der Waals surface area contributed by atoms with Gasteiger partial charge in [0, 0.05) is 0 Å². The Morgan fingerprint density at radius 2 is 0.875 bits per heavy atom. The van der Waals surface area contributed by atoms with Crippen LogP contribution in [0.5, 0.6) is 0 Å². The molecule has 0 saturated heterocycles. The average molecular weight is 110 g/mol. The highest BCUT2D eigenvalue weighted by molar-refractivity contribution is 6.25. The monoisotopic (exact) mass is 110 g/mol. The molecule has 2 heteroatoms. The molecule has 0 amide bonds. The van der Waals surface area contributed by atoms with Crippen molar-refractivity contribution >= 4 is 15.7 Å². The predicted octanol–water partition coefficient (Wildman–Crippen LogP) is 0.650. The molecule has 0 radical (unpaired) electrons. The van der Waals surface area contributed by atoms with Crippen molar-refractivity contribution in [3.8, 4) is 0 Å². The van der Waals surface area contributed by atoms with Crippen LogP contribution in [-0.4, -0.2) is 15.7 Å². The lowest BCUT2D eigenvalue weighted by Crippen LogP contribution is -2.19. The van der Waals surface area contributed by atoms with Crippen LogP contribution in [0.1, 0.15) is 27.7 Å². The standard InChI is InChI=1S/C6H16B2/c1-5(2,7)6(3,4)8/h7-8H2,1-4H3. The summed E-state index contributed by atoms with van der Waals surface area (Å²) in [7, 11) is 4.54. The van der Waals surface area contributed by atoms with E-state index >= 15 is 0 Å². The minimum atomic E-state index is 0.437. The first-order chi connectivity index (χ1) is 3.25. The molecule has 0 aromatic heterocycles. The minimum absolute atomic E-state index is 0.437. The smallest absolute Gasteiger partial charge is 0.0674 e. The first kappa shape index (κ1) is 8.13. The lowest BCUT2D eigenvalue weighted by molar-refractivity contribution is 0.504. The van der Waals surface area contributed by atoms with E-state index in [1.165, 1.54) is 0 Å². The van der Waals surface area contributed by atoms with E-state index < -0.39 is 0 Å². The SMILES string of the molecule is BC(C)(C)C(B)(C)C. The zero-order valence-corrected chi connectivity index (χ0v) is 7.00. The second kappa shape index (κ2) is 1.82. The Kier molecular flexibility index (Phi) is 1.85. The summed E-state index contributed by atoms with van der Waals surface area (Å²) in [6, 6.07) is 0. The van der Waals surface area contributed by atoms with E-state index in [0.29, 0.717) is 10.6 Å². The molecule has 46 valence electrons. The molecule has 0 aromatic carbocycles. The van der Waals surface area contributed by atoms with Gasteiger partial charge >= 0.3 is 0 Å². The van der Waals surface area contributed by atoms with Crippen LogP contribution in [-0.2, 0) is 0 Å². The van der Waals surface area contributed by atoms with E-state index in [-0.39, 0.29) is 0 Å². The van der Waals surface area contributed by atoms with Crippen molar-refractivity contribution in [2.45, 2.75) is 38.3 Å². The molecular formula is C6H16B2. The Morgan fingerprint density at radius 3 is 0.875 bits per heavy atom. The van der Waals surface area contributed by atoms with Gasteiger partial charge in [-0.3, -0.25) is 0 Å². The molecular weight excluding hydrogens is 93.7 g/mol. The predicted molar refractivity (Wildman–Crippen MR) is 45.2 cm³/mol. The van der Waals surface area contributed by atoms with Gasteiger partial charge in [0.25, 0.3) is 0 Å². The minimum Gasteiger partial charge on any atom is -0.0674 e. The highest BCUT2D eigenvalue weighted by atomic mass is 14.2. The van der Waals surface area contributed by atoms with Crippen LogP contribution in [0.15, 0.2) is 0 Å². The van der Waals surface area contributed by atoms with Gasteiger partial charge in [0.15, 0.2) is 0 Å². The van der Waals surface area contributed by atoms with Crippen LogP contribution >= 0.6 is 0 Å². The molecule has 0 aliphatic carbocycles. The molecule has 0 nitrogen and oxygen atoms in total. The lowest BCUT2D eigenvalue weighted by Gasteiger charge is -2.35. The molecule has 0 rings (SSSR count). The van der Waals surface area contributed by atoms with E-state index in [1.54, 1.807) is 0 Å². The topological polar surface area (TPSA) is 0 Å². The Balaban J connectivity index is 4.02. The molecule has 0 N–H and O–H groups in total. The zero-order chi connectivity index (χ0) is 7.00. The van der Waals surface area contributed by atoms with Crippen LogP contribution in [0.2, 0.25) is 10.6 Å². The molecule has 0 heterocycles. The van der Waals surface area contributed by atoms with Crippen LogP contribution in [0.4, 0.5) is 0 Å². The average Bonchev–Trinajstić information content (AvgIpc) is 1.25. The Morgan fingerprint density at radius 1 is 0.750 bits per heavy atom. The molecule has 0 fully saturated rings. The summed E-state index contributed by atoms with van der Waals surface area (Å²) in [6.45, 7) is 9.08. The third-order valence-electron chi connectivity index (χ3n) is 2.25. The lowest BCUT2D eigenvalue weighted by atomic mass is 9.48. The van der Waals surface area contributed by atoms with E-state index in [9.17, 15) is 0 Å². The van der Waals surface area contributed by atoms with E-state index in [2.05, 4.69) is 43.4 Å². The number of hydrogen-bond acceptors (Lipinski definition) is 0. The maximum Gasteiger partial charge on any atom is 0.108 e. The number of rotatable bonds is 1. The zero-order valence-electron chi connectivity index (χ0n) is 7.00. The van der Waals surface area contributed by atoms with E-state index in [1.807, 2.05) is 0 Å². The fourth-order valence-electron chi connectivity index (χ4n) is 0. The first-order valence-electron chi connectivity index (χ1n) is 3.25. The van der Waals surface area contributed by atoms with Gasteiger partial charge in [0.2, 0.25) is 0 Å². The molecule has 8 heavy (non-hydrogen) atoms. The molecule has 0 saturated carbocycles. The van der Waals surface area contributed by atoms with Gasteiger partial charge in [0.05, 0.1) is 0 Å². The fourth-order valence-corrected chi connectivity index (χ4v) is 0. The van der Waals surface area contributed by atoms with Crippen molar-refractivity contribution in [2.24, 2.45) is 0 Å². The van der Waals surface area contributed by atoms with Crippen molar-refractivity contribution in [3.05, 3.63) is 0 Å². The van der Waals surface area contributed by atoms with Gasteiger partial charge in [-0.15, -0.1) is 0 Å². The second-order valence-corrected chi connectivity index (χ2v) is 4.50. The highest BCUT2D eigenvalue weighted by Crippen LogP contribution is 2.44. The summed E-state index contributed by atoms with van der Waals surface area (Å²) < 4.78 is 0. The van der Waals surface area contributed by atoms with Crippen molar-refractivity contribution in [1.82, 2.24) is 0 Å². The summed E-state index contributed by atoms with van der Waals surface area (Å²) in [5.41, 5.74) is 0. The molecule has 0 bridgehead atoms. The summed E-state index contributed by atoms with van der Waals surface area (Å²) in [5, 5.41) is 0.875. The summed E-state index contributed by atoms with van der Waals surface area (Å²) in [6.07, 6.45) is 0. The van der Waals surface area contributed by atoms with Crippen molar-refractivity contribution in [1.29, 1.82) is 0 Å². The second-order valence-electron chi connectivity index (χ2n) is 4.50. The van der Waals surface area contributed by atoms with Crippen LogP contribution in [0.3, 0.4) is 0 Å². The Labute approximate surface area is 54.9 Å². The van der Waals surface area contributed by atoms with Crippen LogP contribution in [0.25, 0.3) is 0 Å². The van der Waals surface area contributed by atoms with E-state index in [0.717, 1.165) is 0 Å². The molecule has 0 aromatic rings. The molecule has 0 aliphatic rings. The summed E-state index contributed by atoms with van der Waals surface area (Å²) >= 11 is 0. The maximum atomic E-state index is 2.27. The van der Waals surface area contributed by atoms with Crippen LogP contribution < -0.4 is 0 Å². The molecule has 0 spiro atoms. The quantitative estimate of drug-likeness (QED) is 0.434. The maximum absolute atomic E-state index is 2.27. The highest BCUT2D eigenvalue weighted by Gasteiger charge is 2.26. The molecule has 0 atom stereocenters. The summed E-state index contributed by atoms with van der Waals surface area (Å²) in [4.78, 5) is 0. The first-order valence-corrected chi connectivity index (χ1v) is 3.25. The largest absolute Gasteiger partial charge is 0.108 e. The van der Waals surface area contributed by atoms with Crippen LogP contribution in [0, 0.1) is 0 Å². The van der Waals surface area contributed by atoms with Gasteiger partial charge < -0.3 is 0 Å². The number of hydrogen-bond donors (Lipinski definition) is 0. The molecule has 0 aliphatic heterocycles. The van der Waals surface area contributed by atoms with Gasteiger partial charge in [-0.2, -0.15) is 0 Å². The third-order valence-corrected chi connectivity index (χ3v) is 2.25. The fraction of sp³-hybridized carbons (Fsp3) is 1.00. The molecule has 0 unspecified atom stereocenters. The van der Waals surface area contributed by atoms with E-state index in [4.69, 9.17) is 0 Å². The van der Waals surface area contributed by atoms with Gasteiger partial charge in [-0.25, -0.2) is 0 Å². The van der Waals surface area contributed by atoms with Gasteiger partial charge in [-0.1, -0.05) is 38.3 Å². The summed E-state index contributed by atoms with van der Waals surface area (Å²) in [5.74, 6) is 0. The van der Waals surface area contributed by atoms with Crippen molar-refractivity contribution in [2.75, 3.05) is 0 Å². The Bertz CT molecular complexity index is 61.5. The van der Waals surface area contributed by atoms with Gasteiger partial charge in [-0.05, 0) is 0 Å². The van der Waals surface area contributed by atoms with Crippen molar-refractivity contribution in [3.63, 3.8) is 0 Å². The third kappa shape index (κ3) is 1.94. The Hall–Kier alpha value is 0.130. The van der Waals surface area contributed by atoms with Gasteiger partial charge in [0.1, 0.15) is 15.7 Å². The normalized spacial score (nSPS) is 14.0.